The van der Waals surface area contributed by atoms with Gasteiger partial charge in [-0.3, -0.25) is 4.68 Å². The van der Waals surface area contributed by atoms with Crippen LogP contribution >= 0.6 is 0 Å². The van der Waals surface area contributed by atoms with Gasteiger partial charge < -0.3 is 5.32 Å². The van der Waals surface area contributed by atoms with Crippen molar-refractivity contribution in [3.8, 4) is 0 Å². The van der Waals surface area contributed by atoms with Gasteiger partial charge in [-0.2, -0.15) is 5.10 Å². The first-order valence-corrected chi connectivity index (χ1v) is 8.55. The van der Waals surface area contributed by atoms with Gasteiger partial charge in [0.1, 0.15) is 17.4 Å². The molecule has 5 heteroatoms. The van der Waals surface area contributed by atoms with Gasteiger partial charge in [0.15, 0.2) is 5.82 Å². The molecule has 1 atom stereocenters. The smallest absolute Gasteiger partial charge is 0.156 e. The molecule has 0 spiro atoms. The first-order chi connectivity index (χ1) is 11.5. The van der Waals surface area contributed by atoms with E-state index >= 15 is 0 Å². The van der Waals surface area contributed by atoms with Gasteiger partial charge in [-0.25, -0.2) is 9.97 Å². The number of rotatable bonds is 5. The average Bonchev–Trinajstić information content (AvgIpc) is 2.92. The summed E-state index contributed by atoms with van der Waals surface area (Å²) in [5.74, 6) is 1.38. The number of nitrogens with zero attached hydrogens (tertiary/aromatic N) is 4. The third-order valence-electron chi connectivity index (χ3n) is 4.45. The van der Waals surface area contributed by atoms with Crippen molar-refractivity contribution in [3.63, 3.8) is 0 Å². The van der Waals surface area contributed by atoms with Crippen molar-refractivity contribution < 1.29 is 0 Å². The van der Waals surface area contributed by atoms with E-state index in [0.29, 0.717) is 5.92 Å². The Balaban J connectivity index is 1.91. The minimum atomic E-state index is 0.157. The number of aromatic nitrogens is 4. The van der Waals surface area contributed by atoms with E-state index in [-0.39, 0.29) is 6.04 Å². The van der Waals surface area contributed by atoms with Crippen molar-refractivity contribution in [1.29, 1.82) is 0 Å². The monoisotopic (exact) mass is 323 g/mol. The highest BCUT2D eigenvalue weighted by Crippen LogP contribution is 2.26. The molecule has 0 fully saturated rings. The number of benzene rings is 1. The topological polar surface area (TPSA) is 55.6 Å². The molecule has 0 amide bonds. The second-order valence-electron chi connectivity index (χ2n) is 6.51. The number of fused-ring (bicyclic) bond motifs is 1. The van der Waals surface area contributed by atoms with Crippen LogP contribution in [0, 0.1) is 6.92 Å². The van der Waals surface area contributed by atoms with Crippen LogP contribution in [0.15, 0.2) is 30.6 Å². The van der Waals surface area contributed by atoms with Gasteiger partial charge >= 0.3 is 0 Å². The summed E-state index contributed by atoms with van der Waals surface area (Å²) in [6.07, 6.45) is 1.61. The molecule has 0 radical (unpaired) electrons. The van der Waals surface area contributed by atoms with Crippen molar-refractivity contribution in [2.24, 2.45) is 0 Å². The van der Waals surface area contributed by atoms with E-state index in [4.69, 9.17) is 0 Å². The first kappa shape index (κ1) is 16.4. The van der Waals surface area contributed by atoms with Crippen LogP contribution in [0.25, 0.3) is 11.0 Å². The van der Waals surface area contributed by atoms with Crippen molar-refractivity contribution in [1.82, 2.24) is 19.7 Å². The first-order valence-electron chi connectivity index (χ1n) is 8.55. The predicted molar refractivity (Wildman–Crippen MR) is 98.3 cm³/mol. The highest BCUT2D eigenvalue weighted by molar-refractivity contribution is 5.87. The zero-order valence-electron chi connectivity index (χ0n) is 15.0. The number of hydrogen-bond donors (Lipinski definition) is 1. The molecule has 2 heterocycles. The molecular formula is C19H25N5. The van der Waals surface area contributed by atoms with Crippen LogP contribution in [0.4, 0.5) is 5.82 Å². The highest BCUT2D eigenvalue weighted by Gasteiger charge is 2.15. The molecule has 1 N–H and O–H groups in total. The summed E-state index contributed by atoms with van der Waals surface area (Å²) in [5, 5.41) is 8.08. The molecule has 0 saturated carbocycles. The molecule has 0 unspecified atom stereocenters. The van der Waals surface area contributed by atoms with Gasteiger partial charge in [0.05, 0.1) is 11.7 Å². The number of anilines is 1. The quantitative estimate of drug-likeness (QED) is 0.753. The van der Waals surface area contributed by atoms with Crippen molar-refractivity contribution in [3.05, 3.63) is 47.4 Å². The van der Waals surface area contributed by atoms with E-state index < -0.39 is 0 Å². The molecule has 1 aromatic carbocycles. The van der Waals surface area contributed by atoms with E-state index in [9.17, 15) is 0 Å². The van der Waals surface area contributed by atoms with Crippen LogP contribution in [-0.2, 0) is 6.54 Å². The van der Waals surface area contributed by atoms with Gasteiger partial charge in [-0.05, 0) is 37.8 Å². The van der Waals surface area contributed by atoms with E-state index in [2.05, 4.69) is 72.3 Å². The number of nitrogens with one attached hydrogen (secondary N) is 1. The van der Waals surface area contributed by atoms with Gasteiger partial charge in [0.2, 0.25) is 0 Å². The van der Waals surface area contributed by atoms with Crippen molar-refractivity contribution >= 4 is 16.9 Å². The van der Waals surface area contributed by atoms with Gasteiger partial charge in [0.25, 0.3) is 0 Å². The summed E-state index contributed by atoms with van der Waals surface area (Å²) < 4.78 is 1.96. The molecular weight excluding hydrogens is 298 g/mol. The standard InChI is InChI=1S/C19H25N5/c1-6-24-18-17(14(5)23-24)20-11-21-19(18)22-13(4)16-9-7-15(8-10-16)12(2)3/h7-13H,6H2,1-5H3,(H,20,21,22)/t13-/m0/s1. The minimum absolute atomic E-state index is 0.157. The lowest BCUT2D eigenvalue weighted by Gasteiger charge is -2.17. The molecule has 0 saturated heterocycles. The summed E-state index contributed by atoms with van der Waals surface area (Å²) >= 11 is 0. The maximum absolute atomic E-state index is 4.55. The minimum Gasteiger partial charge on any atom is -0.362 e. The number of hydrogen-bond acceptors (Lipinski definition) is 4. The van der Waals surface area contributed by atoms with Crippen molar-refractivity contribution in [2.75, 3.05) is 5.32 Å². The third-order valence-corrected chi connectivity index (χ3v) is 4.45. The summed E-state index contributed by atoms with van der Waals surface area (Å²) in [6, 6.07) is 8.94. The van der Waals surface area contributed by atoms with Crippen LogP contribution in [0.5, 0.6) is 0 Å². The highest BCUT2D eigenvalue weighted by atomic mass is 15.3. The van der Waals surface area contributed by atoms with Crippen LogP contribution in [0.1, 0.15) is 56.5 Å². The lowest BCUT2D eigenvalue weighted by molar-refractivity contribution is 0.675. The van der Waals surface area contributed by atoms with Crippen LogP contribution in [-0.4, -0.2) is 19.7 Å². The van der Waals surface area contributed by atoms with E-state index in [0.717, 1.165) is 29.1 Å². The Morgan fingerprint density at radius 2 is 1.71 bits per heavy atom. The molecule has 3 aromatic rings. The van der Waals surface area contributed by atoms with Gasteiger partial charge in [-0.15, -0.1) is 0 Å². The second-order valence-corrected chi connectivity index (χ2v) is 6.51. The second kappa shape index (κ2) is 6.59. The molecule has 0 bridgehead atoms. The summed E-state index contributed by atoms with van der Waals surface area (Å²) in [5.41, 5.74) is 5.42. The summed E-state index contributed by atoms with van der Waals surface area (Å²) in [4.78, 5) is 8.84. The maximum Gasteiger partial charge on any atom is 0.156 e. The van der Waals surface area contributed by atoms with Crippen LogP contribution in [0.2, 0.25) is 0 Å². The molecule has 5 nitrogen and oxygen atoms in total. The molecule has 24 heavy (non-hydrogen) atoms. The number of aryl methyl sites for hydroxylation is 2. The lowest BCUT2D eigenvalue weighted by atomic mass is 9.99. The summed E-state index contributed by atoms with van der Waals surface area (Å²) in [7, 11) is 0. The van der Waals surface area contributed by atoms with E-state index in [1.165, 1.54) is 11.1 Å². The molecule has 0 aliphatic heterocycles. The molecule has 2 aromatic heterocycles. The maximum atomic E-state index is 4.55. The van der Waals surface area contributed by atoms with Crippen molar-refractivity contribution in [2.45, 2.75) is 53.1 Å². The Morgan fingerprint density at radius 1 is 1.04 bits per heavy atom. The molecule has 0 aliphatic carbocycles. The Bertz CT molecular complexity index is 833. The fourth-order valence-electron chi connectivity index (χ4n) is 2.96. The molecule has 3 rings (SSSR count). The largest absolute Gasteiger partial charge is 0.362 e. The van der Waals surface area contributed by atoms with E-state index in [1.54, 1.807) is 6.33 Å². The Morgan fingerprint density at radius 3 is 2.33 bits per heavy atom. The zero-order valence-corrected chi connectivity index (χ0v) is 15.0. The Hall–Kier alpha value is -2.43. The third kappa shape index (κ3) is 2.98. The van der Waals surface area contributed by atoms with Gasteiger partial charge in [-0.1, -0.05) is 38.1 Å². The Kier molecular flexibility index (Phi) is 4.51. The van der Waals surface area contributed by atoms with E-state index in [1.807, 2.05) is 11.6 Å². The average molecular weight is 323 g/mol. The fourth-order valence-corrected chi connectivity index (χ4v) is 2.96. The van der Waals surface area contributed by atoms with Crippen LogP contribution < -0.4 is 5.32 Å². The molecule has 126 valence electrons. The Labute approximate surface area is 143 Å². The van der Waals surface area contributed by atoms with Crippen LogP contribution in [0.3, 0.4) is 0 Å². The lowest BCUT2D eigenvalue weighted by Crippen LogP contribution is -2.10. The zero-order chi connectivity index (χ0) is 17.3. The fraction of sp³-hybridized carbons (Fsp3) is 0.421. The SMILES string of the molecule is CCn1nc(C)c2ncnc(N[C@@H](C)c3ccc(C(C)C)cc3)c21. The predicted octanol–water partition coefficient (Wildman–Crippen LogP) is 4.45. The van der Waals surface area contributed by atoms with Gasteiger partial charge in [0, 0.05) is 6.54 Å². The summed E-state index contributed by atoms with van der Waals surface area (Å²) in [6.45, 7) is 11.4. The normalized spacial score (nSPS) is 12.8. The molecule has 0 aliphatic rings.